The van der Waals surface area contributed by atoms with Crippen molar-refractivity contribution in [2.75, 3.05) is 0 Å². The summed E-state index contributed by atoms with van der Waals surface area (Å²) in [6.07, 6.45) is 1.80. The summed E-state index contributed by atoms with van der Waals surface area (Å²) >= 11 is 0. The Hall–Kier alpha value is -4.96. The quantitative estimate of drug-likeness (QED) is 0.199. The maximum atomic E-state index is 11.4. The predicted octanol–water partition coefficient (Wildman–Crippen LogP) is 11.0. The molecular weight excluding hydrogens is 562 g/mol. The summed E-state index contributed by atoms with van der Waals surface area (Å²) in [6, 6.07) is 35.8. The van der Waals surface area contributed by atoms with Crippen LogP contribution in [-0.4, -0.2) is 20.9 Å². The molecule has 0 spiro atoms. The molecule has 1 N–H and O–H groups in total. The number of phenolic OH excluding ortho intramolecular Hbond substituents is 1. The molecule has 0 saturated carbocycles. The Morgan fingerprint density at radius 2 is 1.35 bits per heavy atom. The molecule has 6 rings (SSSR count). The molecule has 0 saturated heterocycles. The third-order valence-electron chi connectivity index (χ3n) is 8.53. The van der Waals surface area contributed by atoms with Crippen LogP contribution in [0.15, 0.2) is 108 Å². The summed E-state index contributed by atoms with van der Waals surface area (Å²) in [6.45, 7) is 17.3. The number of hydrogen-bond acceptors (Lipinski definition) is 3. The Morgan fingerprint density at radius 3 is 2.02 bits per heavy atom. The van der Waals surface area contributed by atoms with Crippen molar-refractivity contribution in [1.29, 1.82) is 0 Å². The van der Waals surface area contributed by atoms with E-state index in [1.54, 1.807) is 6.21 Å². The predicted molar refractivity (Wildman–Crippen MR) is 194 cm³/mol. The minimum atomic E-state index is -0.222. The Bertz CT molecular complexity index is 2070. The first-order valence-corrected chi connectivity index (χ1v) is 16.0. The number of hydrogen-bond donors (Lipinski definition) is 1. The first-order valence-electron chi connectivity index (χ1n) is 16.0. The van der Waals surface area contributed by atoms with Crippen molar-refractivity contribution >= 4 is 22.9 Å². The van der Waals surface area contributed by atoms with Crippen molar-refractivity contribution in [1.82, 2.24) is 9.55 Å². The fourth-order valence-corrected chi connectivity index (χ4v) is 6.16. The second-order valence-corrected chi connectivity index (χ2v) is 14.4. The summed E-state index contributed by atoms with van der Waals surface area (Å²) in [5.41, 5.74) is 11.9. The highest BCUT2D eigenvalue weighted by Crippen LogP contribution is 2.40. The Morgan fingerprint density at radius 1 is 0.696 bits per heavy atom. The highest BCUT2D eigenvalue weighted by molar-refractivity contribution is 5.97. The first kappa shape index (κ1) is 31.0. The standard InChI is InChI=1S/C42H43N3O/c1-27-21-28(2)23-29(22-27)33-18-14-20-37-38(33)44-40(45(37)32-15-10-9-11-16-32)34-17-12-13-19-36(34)43-26-30-24-31(41(3,4)5)25-35(39(30)46)42(6,7)8/h9-26,46H,1-8H3. The number of rotatable bonds is 5. The van der Waals surface area contributed by atoms with Crippen molar-refractivity contribution in [3.63, 3.8) is 0 Å². The van der Waals surface area contributed by atoms with E-state index < -0.39 is 0 Å². The van der Waals surface area contributed by atoms with Gasteiger partial charge in [0.1, 0.15) is 11.6 Å². The molecule has 6 aromatic rings. The van der Waals surface area contributed by atoms with Gasteiger partial charge in [-0.25, -0.2) is 4.98 Å². The molecule has 0 amide bonds. The number of imidazole rings is 1. The molecule has 0 aliphatic heterocycles. The summed E-state index contributed by atoms with van der Waals surface area (Å²) in [4.78, 5) is 10.4. The highest BCUT2D eigenvalue weighted by atomic mass is 16.3. The van der Waals surface area contributed by atoms with Crippen LogP contribution in [0.5, 0.6) is 5.75 Å². The van der Waals surface area contributed by atoms with Gasteiger partial charge >= 0.3 is 0 Å². The molecule has 46 heavy (non-hydrogen) atoms. The van der Waals surface area contributed by atoms with E-state index in [9.17, 15) is 5.11 Å². The first-order chi connectivity index (χ1) is 21.8. The molecule has 4 nitrogen and oxygen atoms in total. The Balaban J connectivity index is 1.57. The summed E-state index contributed by atoms with van der Waals surface area (Å²) in [5.74, 6) is 1.09. The van der Waals surface area contributed by atoms with Crippen LogP contribution in [0.25, 0.3) is 39.2 Å². The highest BCUT2D eigenvalue weighted by Gasteiger charge is 2.25. The van der Waals surface area contributed by atoms with Gasteiger partial charge in [-0.3, -0.25) is 9.56 Å². The van der Waals surface area contributed by atoms with Crippen LogP contribution in [0.4, 0.5) is 5.69 Å². The number of nitrogens with zero attached hydrogens (tertiary/aromatic N) is 3. The molecule has 0 radical (unpaired) electrons. The zero-order valence-electron chi connectivity index (χ0n) is 28.2. The maximum Gasteiger partial charge on any atom is 0.147 e. The zero-order valence-corrected chi connectivity index (χ0v) is 28.2. The van der Waals surface area contributed by atoms with Crippen LogP contribution in [0.3, 0.4) is 0 Å². The van der Waals surface area contributed by atoms with E-state index in [0.717, 1.165) is 56.0 Å². The fourth-order valence-electron chi connectivity index (χ4n) is 6.16. The Kier molecular flexibility index (Phi) is 7.93. The number of phenols is 1. The van der Waals surface area contributed by atoms with Crippen molar-refractivity contribution in [3.8, 4) is 34.0 Å². The molecule has 232 valence electrons. The molecule has 0 aliphatic carbocycles. The van der Waals surface area contributed by atoms with Crippen LogP contribution < -0.4 is 0 Å². The molecule has 0 aliphatic rings. The van der Waals surface area contributed by atoms with Crippen molar-refractivity contribution < 1.29 is 5.11 Å². The smallest absolute Gasteiger partial charge is 0.147 e. The second-order valence-electron chi connectivity index (χ2n) is 14.4. The van der Waals surface area contributed by atoms with Crippen LogP contribution in [0, 0.1) is 13.8 Å². The number of aliphatic imine (C=N–C) groups is 1. The van der Waals surface area contributed by atoms with E-state index in [1.165, 1.54) is 11.1 Å². The lowest BCUT2D eigenvalue weighted by molar-refractivity contribution is 0.444. The van der Waals surface area contributed by atoms with Gasteiger partial charge in [0, 0.05) is 34.2 Å². The normalized spacial score (nSPS) is 12.3. The summed E-state index contributed by atoms with van der Waals surface area (Å²) < 4.78 is 2.23. The zero-order chi connectivity index (χ0) is 32.8. The minimum absolute atomic E-state index is 0.0811. The third kappa shape index (κ3) is 6.00. The average Bonchev–Trinajstić information content (AvgIpc) is 3.39. The van der Waals surface area contributed by atoms with E-state index in [2.05, 4.69) is 139 Å². The van der Waals surface area contributed by atoms with Gasteiger partial charge in [0.05, 0.1) is 16.7 Å². The molecule has 4 heteroatoms. The van der Waals surface area contributed by atoms with Crippen LogP contribution in [0.1, 0.15) is 69.4 Å². The van der Waals surface area contributed by atoms with Crippen molar-refractivity contribution in [2.24, 2.45) is 4.99 Å². The average molecular weight is 606 g/mol. The SMILES string of the molecule is Cc1cc(C)cc(-c2cccc3c2nc(-c2ccccc2N=Cc2cc(C(C)(C)C)cc(C(C)(C)C)c2O)n3-c2ccccc2)c1. The van der Waals surface area contributed by atoms with Gasteiger partial charge in [-0.2, -0.15) is 0 Å². The van der Waals surface area contributed by atoms with E-state index in [4.69, 9.17) is 9.98 Å². The van der Waals surface area contributed by atoms with E-state index in [0.29, 0.717) is 5.56 Å². The lowest BCUT2D eigenvalue weighted by Gasteiger charge is -2.27. The van der Waals surface area contributed by atoms with Gasteiger partial charge < -0.3 is 5.11 Å². The number of aryl methyl sites for hydroxylation is 2. The largest absolute Gasteiger partial charge is 0.507 e. The monoisotopic (exact) mass is 605 g/mol. The Labute approximate surface area is 273 Å². The van der Waals surface area contributed by atoms with Gasteiger partial charge in [0.2, 0.25) is 0 Å². The van der Waals surface area contributed by atoms with Crippen molar-refractivity contribution in [2.45, 2.75) is 66.2 Å². The topological polar surface area (TPSA) is 50.4 Å². The molecule has 1 aromatic heterocycles. The molecular formula is C42H43N3O. The number of fused-ring (bicyclic) bond motifs is 1. The molecule has 0 unspecified atom stereocenters. The van der Waals surface area contributed by atoms with Gasteiger partial charge in [0.25, 0.3) is 0 Å². The van der Waals surface area contributed by atoms with Gasteiger partial charge in [-0.15, -0.1) is 0 Å². The molecule has 0 bridgehead atoms. The number of benzene rings is 5. The molecule has 1 heterocycles. The minimum Gasteiger partial charge on any atom is -0.507 e. The number of para-hydroxylation sites is 3. The number of aromatic nitrogens is 2. The lowest BCUT2D eigenvalue weighted by atomic mass is 9.79. The second kappa shape index (κ2) is 11.8. The summed E-state index contributed by atoms with van der Waals surface area (Å²) in [5, 5.41) is 11.4. The van der Waals surface area contributed by atoms with Gasteiger partial charge in [0.15, 0.2) is 0 Å². The lowest BCUT2D eigenvalue weighted by Crippen LogP contribution is -2.17. The molecule has 0 atom stereocenters. The third-order valence-corrected chi connectivity index (χ3v) is 8.53. The van der Waals surface area contributed by atoms with Crippen LogP contribution in [0.2, 0.25) is 0 Å². The van der Waals surface area contributed by atoms with E-state index in [-0.39, 0.29) is 16.6 Å². The van der Waals surface area contributed by atoms with E-state index in [1.807, 2.05) is 24.3 Å². The molecule has 5 aromatic carbocycles. The summed E-state index contributed by atoms with van der Waals surface area (Å²) in [7, 11) is 0. The molecule has 0 fully saturated rings. The van der Waals surface area contributed by atoms with E-state index >= 15 is 0 Å². The maximum absolute atomic E-state index is 11.4. The van der Waals surface area contributed by atoms with Crippen LogP contribution >= 0.6 is 0 Å². The van der Waals surface area contributed by atoms with Gasteiger partial charge in [-0.1, -0.05) is 119 Å². The van der Waals surface area contributed by atoms with Crippen LogP contribution in [-0.2, 0) is 10.8 Å². The van der Waals surface area contributed by atoms with Gasteiger partial charge in [-0.05, 0) is 72.2 Å². The van der Waals surface area contributed by atoms with Crippen molar-refractivity contribution in [3.05, 3.63) is 131 Å². The number of aromatic hydroxyl groups is 1. The fraction of sp³-hybridized carbons (Fsp3) is 0.238.